The van der Waals surface area contributed by atoms with Crippen LogP contribution >= 0.6 is 23.4 Å². The van der Waals surface area contributed by atoms with Crippen molar-refractivity contribution in [3.8, 4) is 5.69 Å². The van der Waals surface area contributed by atoms with Crippen LogP contribution in [-0.4, -0.2) is 20.9 Å². The molecule has 4 rings (SSSR count). The molecule has 1 aliphatic heterocycles. The van der Waals surface area contributed by atoms with Gasteiger partial charge in [0.1, 0.15) is 5.69 Å². The molecule has 28 heavy (non-hydrogen) atoms. The van der Waals surface area contributed by atoms with Gasteiger partial charge in [-0.25, -0.2) is 9.67 Å². The number of hydrogen-bond donors (Lipinski definition) is 2. The normalized spacial score (nSPS) is 16.7. The number of hydrogen-bond acceptors (Lipinski definition) is 5. The van der Waals surface area contributed by atoms with Crippen LogP contribution in [0.1, 0.15) is 11.3 Å². The molecule has 1 fully saturated rings. The third-order valence-electron chi connectivity index (χ3n) is 4.10. The van der Waals surface area contributed by atoms with Crippen LogP contribution in [0.25, 0.3) is 11.8 Å². The molecule has 0 bridgehead atoms. The number of anilines is 1. The van der Waals surface area contributed by atoms with Crippen LogP contribution in [0.5, 0.6) is 0 Å². The molecule has 3 aromatic rings. The summed E-state index contributed by atoms with van der Waals surface area (Å²) in [7, 11) is 0. The van der Waals surface area contributed by atoms with Crippen LogP contribution in [0.15, 0.2) is 64.5 Å². The minimum Gasteiger partial charge on any atom is -0.382 e. The second-order valence-corrected chi connectivity index (χ2v) is 7.57. The summed E-state index contributed by atoms with van der Waals surface area (Å²) in [5, 5.41) is 8.36. The zero-order chi connectivity index (χ0) is 19.7. The average Bonchev–Trinajstić information content (AvgIpc) is 3.18. The fourth-order valence-electron chi connectivity index (χ4n) is 2.73. The number of nitrogens with two attached hydrogens (primary N) is 1. The standard InChI is InChI=1S/C20H16ClN5OS/c1-12-17(18(22)26(25-12)15-5-3-2-4-6-15)23-20-24-19(27)16(28-20)11-13-7-9-14(21)10-8-13/h2-11H,22H2,1H3,(H,23,24,27)/b16-11-. The van der Waals surface area contributed by atoms with Crippen molar-refractivity contribution in [3.63, 3.8) is 0 Å². The molecular formula is C20H16ClN5OS. The molecule has 0 spiro atoms. The van der Waals surface area contributed by atoms with E-state index in [-0.39, 0.29) is 5.91 Å². The van der Waals surface area contributed by atoms with Crippen molar-refractivity contribution in [1.29, 1.82) is 0 Å². The molecular weight excluding hydrogens is 394 g/mol. The number of nitrogen functional groups attached to an aromatic ring is 1. The predicted molar refractivity (Wildman–Crippen MR) is 115 cm³/mol. The summed E-state index contributed by atoms with van der Waals surface area (Å²) in [6.45, 7) is 1.83. The molecule has 1 amide bonds. The van der Waals surface area contributed by atoms with Gasteiger partial charge in [-0.2, -0.15) is 5.10 Å². The summed E-state index contributed by atoms with van der Waals surface area (Å²) in [6.07, 6.45) is 1.79. The van der Waals surface area contributed by atoms with Gasteiger partial charge in [0.05, 0.1) is 16.3 Å². The summed E-state index contributed by atoms with van der Waals surface area (Å²) in [6, 6.07) is 16.9. The van der Waals surface area contributed by atoms with Crippen LogP contribution < -0.4 is 11.1 Å². The maximum absolute atomic E-state index is 12.3. The minimum absolute atomic E-state index is 0.203. The van der Waals surface area contributed by atoms with E-state index < -0.39 is 0 Å². The molecule has 140 valence electrons. The fourth-order valence-corrected chi connectivity index (χ4v) is 3.69. The summed E-state index contributed by atoms with van der Waals surface area (Å²) in [5.41, 5.74) is 9.22. The van der Waals surface area contributed by atoms with Gasteiger partial charge in [-0.1, -0.05) is 41.9 Å². The molecule has 6 nitrogen and oxygen atoms in total. The first-order chi connectivity index (χ1) is 13.5. The maximum atomic E-state index is 12.3. The van der Waals surface area contributed by atoms with Crippen molar-refractivity contribution in [2.75, 3.05) is 5.73 Å². The number of aromatic nitrogens is 2. The molecule has 1 saturated heterocycles. The molecule has 0 atom stereocenters. The lowest BCUT2D eigenvalue weighted by molar-refractivity contribution is -0.115. The highest BCUT2D eigenvalue weighted by Gasteiger charge is 2.25. The molecule has 0 saturated carbocycles. The smallest absolute Gasteiger partial charge is 0.264 e. The van der Waals surface area contributed by atoms with E-state index >= 15 is 0 Å². The summed E-state index contributed by atoms with van der Waals surface area (Å²) < 4.78 is 1.64. The van der Waals surface area contributed by atoms with E-state index in [0.29, 0.717) is 32.3 Å². The second kappa shape index (κ2) is 7.53. The molecule has 3 N–H and O–H groups in total. The quantitative estimate of drug-likeness (QED) is 0.631. The number of halogens is 1. The summed E-state index contributed by atoms with van der Waals surface area (Å²) >= 11 is 7.16. The number of para-hydroxylation sites is 1. The Bertz CT molecular complexity index is 1100. The number of rotatable bonds is 3. The van der Waals surface area contributed by atoms with E-state index in [2.05, 4.69) is 15.4 Å². The van der Waals surface area contributed by atoms with Crippen LogP contribution in [0.4, 0.5) is 11.5 Å². The first-order valence-corrected chi connectivity index (χ1v) is 9.66. The largest absolute Gasteiger partial charge is 0.382 e. The lowest BCUT2D eigenvalue weighted by atomic mass is 10.2. The third-order valence-corrected chi connectivity index (χ3v) is 5.26. The number of benzene rings is 2. The highest BCUT2D eigenvalue weighted by atomic mass is 35.5. The maximum Gasteiger partial charge on any atom is 0.264 e. The van der Waals surface area contributed by atoms with E-state index in [1.165, 1.54) is 11.8 Å². The van der Waals surface area contributed by atoms with Gasteiger partial charge in [-0.15, -0.1) is 0 Å². The van der Waals surface area contributed by atoms with E-state index in [4.69, 9.17) is 17.3 Å². The van der Waals surface area contributed by atoms with Crippen LogP contribution in [0, 0.1) is 6.92 Å². The van der Waals surface area contributed by atoms with Crippen molar-refractivity contribution in [2.24, 2.45) is 4.99 Å². The third kappa shape index (κ3) is 3.67. The lowest BCUT2D eigenvalue weighted by Gasteiger charge is -2.03. The number of amides is 1. The molecule has 8 heteroatoms. The zero-order valence-corrected chi connectivity index (χ0v) is 16.5. The Morgan fingerprint density at radius 3 is 2.61 bits per heavy atom. The Labute approximate surface area is 171 Å². The van der Waals surface area contributed by atoms with E-state index in [1.54, 1.807) is 22.9 Å². The van der Waals surface area contributed by atoms with Crippen LogP contribution in [-0.2, 0) is 4.79 Å². The fraction of sp³-hybridized carbons (Fsp3) is 0.0500. The van der Waals surface area contributed by atoms with Gasteiger partial charge in [-0.05, 0) is 54.6 Å². The highest BCUT2D eigenvalue weighted by molar-refractivity contribution is 8.18. The van der Waals surface area contributed by atoms with Crippen LogP contribution in [0.2, 0.25) is 5.02 Å². The number of aryl methyl sites for hydroxylation is 1. The lowest BCUT2D eigenvalue weighted by Crippen LogP contribution is -2.19. The predicted octanol–water partition coefficient (Wildman–Crippen LogP) is 4.31. The highest BCUT2D eigenvalue weighted by Crippen LogP contribution is 2.33. The van der Waals surface area contributed by atoms with Gasteiger partial charge >= 0.3 is 0 Å². The van der Waals surface area contributed by atoms with Gasteiger partial charge in [0.2, 0.25) is 0 Å². The Kier molecular flexibility index (Phi) is 4.93. The van der Waals surface area contributed by atoms with Crippen molar-refractivity contribution >= 4 is 52.0 Å². The van der Waals surface area contributed by atoms with Crippen molar-refractivity contribution in [3.05, 3.63) is 75.8 Å². The Balaban J connectivity index is 1.63. The van der Waals surface area contributed by atoms with Crippen molar-refractivity contribution in [2.45, 2.75) is 6.92 Å². The van der Waals surface area contributed by atoms with Gasteiger partial charge in [0.25, 0.3) is 5.91 Å². The number of carbonyl (C=O) groups excluding carboxylic acids is 1. The van der Waals surface area contributed by atoms with Gasteiger partial charge in [0, 0.05) is 5.02 Å². The molecule has 0 radical (unpaired) electrons. The van der Waals surface area contributed by atoms with Crippen molar-refractivity contribution in [1.82, 2.24) is 15.1 Å². The van der Waals surface area contributed by atoms with E-state index in [0.717, 1.165) is 11.3 Å². The average molecular weight is 410 g/mol. The molecule has 2 aromatic carbocycles. The SMILES string of the molecule is Cc1nn(-c2ccccc2)c(N)c1N=C1NC(=O)/C(=C/c2ccc(Cl)cc2)S1. The molecule has 2 heterocycles. The molecule has 0 unspecified atom stereocenters. The Morgan fingerprint density at radius 1 is 1.18 bits per heavy atom. The number of nitrogens with one attached hydrogen (secondary N) is 1. The van der Waals surface area contributed by atoms with Crippen molar-refractivity contribution < 1.29 is 4.79 Å². The number of amidine groups is 1. The van der Waals surface area contributed by atoms with Gasteiger partial charge in [-0.3, -0.25) is 4.79 Å². The summed E-state index contributed by atoms with van der Waals surface area (Å²) in [4.78, 5) is 17.4. The monoisotopic (exact) mass is 409 g/mol. The molecule has 0 aliphatic carbocycles. The number of nitrogens with zero attached hydrogens (tertiary/aromatic N) is 3. The second-order valence-electron chi connectivity index (χ2n) is 6.10. The van der Waals surface area contributed by atoms with Gasteiger partial charge < -0.3 is 11.1 Å². The topological polar surface area (TPSA) is 85.3 Å². The Hall–Kier alpha value is -3.03. The van der Waals surface area contributed by atoms with Crippen LogP contribution in [0.3, 0.4) is 0 Å². The van der Waals surface area contributed by atoms with E-state index in [9.17, 15) is 4.79 Å². The van der Waals surface area contributed by atoms with Gasteiger partial charge in [0.15, 0.2) is 11.0 Å². The molecule has 1 aliphatic rings. The first kappa shape index (κ1) is 18.3. The van der Waals surface area contributed by atoms with E-state index in [1.807, 2.05) is 49.4 Å². The summed E-state index contributed by atoms with van der Waals surface area (Å²) in [5.74, 6) is 0.214. The zero-order valence-electron chi connectivity index (χ0n) is 14.9. The Morgan fingerprint density at radius 2 is 1.89 bits per heavy atom. The molecule has 1 aromatic heterocycles. The first-order valence-electron chi connectivity index (χ1n) is 8.47. The number of aliphatic imine (C=N–C) groups is 1. The minimum atomic E-state index is -0.203. The number of carbonyl (C=O) groups is 1. The number of thioether (sulfide) groups is 1.